The molecule has 1 aliphatic carbocycles. The maximum atomic E-state index is 13.7. The Morgan fingerprint density at radius 2 is 1.87 bits per heavy atom. The smallest absolute Gasteiger partial charge is 0.258 e. The molecule has 2 aliphatic rings. The fraction of sp³-hybridized carbons (Fsp3) is 0.217. The Morgan fingerprint density at radius 1 is 1.19 bits per heavy atom. The second-order valence-corrected chi connectivity index (χ2v) is 8.65. The van der Waals surface area contributed by atoms with Crippen LogP contribution in [0.2, 0.25) is 0 Å². The van der Waals surface area contributed by atoms with Gasteiger partial charge in [-0.05, 0) is 54.5 Å². The molecule has 0 saturated carbocycles. The Morgan fingerprint density at radius 3 is 2.48 bits per heavy atom. The maximum Gasteiger partial charge on any atom is 0.258 e. The van der Waals surface area contributed by atoms with Crippen LogP contribution in [0.4, 0.5) is 10.1 Å². The number of carbonyl (C=O) groups excluding carboxylic acids is 2. The van der Waals surface area contributed by atoms with Crippen LogP contribution in [0.25, 0.3) is 0 Å². The predicted molar refractivity (Wildman–Crippen MR) is 116 cm³/mol. The molecule has 1 heterocycles. The highest BCUT2D eigenvalue weighted by Gasteiger charge is 2.73. The first kappa shape index (κ1) is 21.4. The van der Waals surface area contributed by atoms with E-state index in [1.165, 1.54) is 31.4 Å². The van der Waals surface area contributed by atoms with Crippen molar-refractivity contribution in [3.63, 3.8) is 0 Å². The molecular weight excluding hydrogens is 444 g/mol. The number of imide groups is 1. The van der Waals surface area contributed by atoms with Crippen LogP contribution in [0.5, 0.6) is 11.5 Å². The molecule has 1 aliphatic heterocycles. The Kier molecular flexibility index (Phi) is 5.10. The second-order valence-electron chi connectivity index (χ2n) is 7.41. The lowest BCUT2D eigenvalue weighted by atomic mass is 9.68. The molecule has 2 aromatic carbocycles. The second kappa shape index (κ2) is 7.39. The van der Waals surface area contributed by atoms with Crippen molar-refractivity contribution in [1.29, 1.82) is 0 Å². The summed E-state index contributed by atoms with van der Waals surface area (Å²) >= 11 is 13.8. The molecule has 5 nitrogen and oxygen atoms in total. The van der Waals surface area contributed by atoms with Crippen molar-refractivity contribution < 1.29 is 23.8 Å². The highest BCUT2D eigenvalue weighted by molar-refractivity contribution is 6.58. The van der Waals surface area contributed by atoms with Crippen molar-refractivity contribution in [2.45, 2.75) is 22.1 Å². The number of aromatic hydroxyl groups is 1. The van der Waals surface area contributed by atoms with Gasteiger partial charge in [0.15, 0.2) is 9.75 Å². The molecule has 1 saturated heterocycles. The average molecular weight is 462 g/mol. The molecule has 0 radical (unpaired) electrons. The number of hydrogen-bond donors (Lipinski definition) is 1. The van der Waals surface area contributed by atoms with E-state index in [9.17, 15) is 19.1 Å². The zero-order valence-electron chi connectivity index (χ0n) is 16.4. The minimum atomic E-state index is -1.97. The zero-order valence-corrected chi connectivity index (χ0v) is 18.0. The highest BCUT2D eigenvalue weighted by atomic mass is 35.5. The van der Waals surface area contributed by atoms with Crippen LogP contribution >= 0.6 is 23.2 Å². The molecule has 0 unspecified atom stereocenters. The van der Waals surface area contributed by atoms with E-state index in [0.29, 0.717) is 11.3 Å². The fourth-order valence-electron chi connectivity index (χ4n) is 4.26. The van der Waals surface area contributed by atoms with Crippen LogP contribution in [0.15, 0.2) is 66.8 Å². The molecule has 4 rings (SSSR count). The fourth-order valence-corrected chi connectivity index (χ4v) is 5.10. The summed E-state index contributed by atoms with van der Waals surface area (Å²) in [6, 6.07) is 9.41. The third-order valence-electron chi connectivity index (χ3n) is 5.85. The van der Waals surface area contributed by atoms with E-state index < -0.39 is 33.3 Å². The van der Waals surface area contributed by atoms with E-state index >= 15 is 0 Å². The number of halogens is 3. The molecule has 2 aromatic rings. The summed E-state index contributed by atoms with van der Waals surface area (Å²) in [6.45, 7) is 3.80. The van der Waals surface area contributed by atoms with Crippen LogP contribution in [-0.4, -0.2) is 33.8 Å². The molecule has 1 N–H and O–H groups in total. The normalized spacial score (nSPS) is 27.7. The van der Waals surface area contributed by atoms with Crippen LogP contribution in [0, 0.1) is 5.82 Å². The quantitative estimate of drug-likeness (QED) is 0.530. The zero-order chi connectivity index (χ0) is 22.6. The minimum absolute atomic E-state index is 0.0249. The summed E-state index contributed by atoms with van der Waals surface area (Å²) in [5.41, 5.74) is 0.962. The predicted octanol–water partition coefficient (Wildman–Crippen LogP) is 4.67. The third kappa shape index (κ3) is 2.89. The first-order chi connectivity index (χ1) is 14.7. The van der Waals surface area contributed by atoms with E-state index in [4.69, 9.17) is 27.9 Å². The molecule has 0 aromatic heterocycles. The van der Waals surface area contributed by atoms with E-state index in [0.717, 1.165) is 17.0 Å². The van der Waals surface area contributed by atoms with Crippen LogP contribution in [0.3, 0.4) is 0 Å². The number of phenolic OH excluding ortho intramolecular Hbond substituents is 1. The van der Waals surface area contributed by atoms with Gasteiger partial charge in [-0.3, -0.25) is 9.59 Å². The van der Waals surface area contributed by atoms with Gasteiger partial charge in [-0.15, -0.1) is 23.2 Å². The molecule has 3 atom stereocenters. The van der Waals surface area contributed by atoms with Crippen molar-refractivity contribution in [3.8, 4) is 11.5 Å². The van der Waals surface area contributed by atoms with Gasteiger partial charge in [-0.1, -0.05) is 18.7 Å². The van der Waals surface area contributed by atoms with Gasteiger partial charge < -0.3 is 9.84 Å². The minimum Gasteiger partial charge on any atom is -0.508 e. The van der Waals surface area contributed by atoms with Gasteiger partial charge in [0, 0.05) is 11.5 Å². The lowest BCUT2D eigenvalue weighted by Crippen LogP contribution is -2.54. The largest absolute Gasteiger partial charge is 0.508 e. The van der Waals surface area contributed by atoms with Crippen LogP contribution < -0.4 is 9.64 Å². The van der Waals surface area contributed by atoms with Crippen molar-refractivity contribution in [3.05, 3.63) is 78.1 Å². The van der Waals surface area contributed by atoms with Gasteiger partial charge in [0.1, 0.15) is 17.3 Å². The summed E-state index contributed by atoms with van der Waals surface area (Å²) in [5.74, 6) is -2.70. The van der Waals surface area contributed by atoms with E-state index in [1.807, 2.05) is 0 Å². The van der Waals surface area contributed by atoms with Gasteiger partial charge in [0.25, 0.3) is 11.8 Å². The van der Waals surface area contributed by atoms with Crippen LogP contribution in [0.1, 0.15) is 17.9 Å². The monoisotopic (exact) mass is 461 g/mol. The van der Waals surface area contributed by atoms with Crippen molar-refractivity contribution in [2.24, 2.45) is 0 Å². The van der Waals surface area contributed by atoms with Gasteiger partial charge in [-0.2, -0.15) is 0 Å². The number of methoxy groups -OCH3 is 1. The number of carbonyl (C=O) groups is 2. The Balaban J connectivity index is 1.94. The number of allylic oxidation sites excluding steroid dienone is 3. The number of nitrogens with zero attached hydrogens (tertiary/aromatic N) is 1. The van der Waals surface area contributed by atoms with Gasteiger partial charge in [0.05, 0.1) is 12.8 Å². The van der Waals surface area contributed by atoms with Crippen molar-refractivity contribution in [1.82, 2.24) is 0 Å². The summed E-state index contributed by atoms with van der Waals surface area (Å²) in [5, 5.41) is 10.6. The standard InChI is InChI=1S/C23H18Cl2FNO4/c1-3-13-10-11-22(24)20(29)27(15-6-4-14(26)5-7-15)21(30)23(22,25)19(13)17-12-16(31-2)8-9-18(17)28/h3-10,12,19,28H,1,11H2,2H3/t19-,22-,23+/m1/s1. The molecule has 31 heavy (non-hydrogen) atoms. The average Bonchev–Trinajstić information content (AvgIpc) is 2.92. The molecule has 2 amide bonds. The van der Waals surface area contributed by atoms with Crippen molar-refractivity contribution in [2.75, 3.05) is 12.0 Å². The number of rotatable bonds is 4. The first-order valence-corrected chi connectivity index (χ1v) is 10.2. The number of hydrogen-bond acceptors (Lipinski definition) is 4. The van der Waals surface area contributed by atoms with E-state index in [-0.39, 0.29) is 23.4 Å². The molecule has 0 spiro atoms. The van der Waals surface area contributed by atoms with Crippen molar-refractivity contribution >= 4 is 40.7 Å². The van der Waals surface area contributed by atoms with Gasteiger partial charge >= 0.3 is 0 Å². The molecular formula is C23H18Cl2FNO4. The topological polar surface area (TPSA) is 66.8 Å². The molecule has 0 bridgehead atoms. The number of alkyl halides is 2. The van der Waals surface area contributed by atoms with Gasteiger partial charge in [0.2, 0.25) is 0 Å². The Labute approximate surface area is 188 Å². The molecule has 8 heteroatoms. The number of anilines is 1. The van der Waals surface area contributed by atoms with E-state index in [2.05, 4.69) is 6.58 Å². The Bertz CT molecular complexity index is 1130. The highest BCUT2D eigenvalue weighted by Crippen LogP contribution is 2.60. The van der Waals surface area contributed by atoms with Gasteiger partial charge in [-0.25, -0.2) is 9.29 Å². The number of fused-ring (bicyclic) bond motifs is 1. The molecule has 1 fully saturated rings. The third-order valence-corrected chi connectivity index (χ3v) is 7.26. The number of amides is 2. The maximum absolute atomic E-state index is 13.7. The summed E-state index contributed by atoms with van der Waals surface area (Å²) < 4.78 is 18.7. The summed E-state index contributed by atoms with van der Waals surface area (Å²) in [6.07, 6.45) is 3.18. The number of ether oxygens (including phenoxy) is 1. The number of benzene rings is 2. The lowest BCUT2D eigenvalue weighted by Gasteiger charge is -2.42. The first-order valence-electron chi connectivity index (χ1n) is 9.40. The van der Waals surface area contributed by atoms with Crippen LogP contribution in [-0.2, 0) is 9.59 Å². The lowest BCUT2D eigenvalue weighted by molar-refractivity contribution is -0.122. The summed E-state index contributed by atoms with van der Waals surface area (Å²) in [7, 11) is 1.46. The number of phenols is 1. The summed E-state index contributed by atoms with van der Waals surface area (Å²) in [4.78, 5) is 24.2. The molecule has 160 valence electrons. The van der Waals surface area contributed by atoms with E-state index in [1.54, 1.807) is 18.2 Å². The SMILES string of the molecule is C=CC1=CC[C@@]2(Cl)C(=O)N(c3ccc(F)cc3)C(=O)[C@@]2(Cl)[C@H]1c1cc(OC)ccc1O. The Hall–Kier alpha value is -2.83.